The zero-order valence-corrected chi connectivity index (χ0v) is 12.6. The molecule has 1 rings (SSSR count). The van der Waals surface area contributed by atoms with E-state index in [1.807, 2.05) is 0 Å². The Bertz CT molecular complexity index is 543. The van der Waals surface area contributed by atoms with Crippen LogP contribution in [0.25, 0.3) is 0 Å². The molecule has 0 saturated carbocycles. The molecule has 0 amide bonds. The normalized spacial score (nSPS) is 13.9. The number of aromatic nitrogens is 2. The van der Waals surface area contributed by atoms with E-state index < -0.39 is 21.2 Å². The second kappa shape index (κ2) is 4.48. The molecule has 0 aliphatic rings. The van der Waals surface area contributed by atoms with Crippen LogP contribution in [0, 0.1) is 0 Å². The van der Waals surface area contributed by atoms with Crippen molar-refractivity contribution in [1.29, 1.82) is 0 Å². The van der Waals surface area contributed by atoms with Gasteiger partial charge in [-0.15, -0.1) is 0 Å². The molecule has 0 radical (unpaired) electrons. The van der Waals surface area contributed by atoms with Gasteiger partial charge in [0.1, 0.15) is 5.15 Å². The Hall–Kier alpha value is -0.630. The van der Waals surface area contributed by atoms with Gasteiger partial charge in [0, 0.05) is 7.05 Å². The molecule has 2 N–H and O–H groups in total. The third-order valence-electron chi connectivity index (χ3n) is 3.01. The number of rotatable bonds is 4. The molecule has 0 aliphatic carbocycles. The van der Waals surface area contributed by atoms with Crippen molar-refractivity contribution in [2.75, 3.05) is 0 Å². The molecule has 0 saturated heterocycles. The molecule has 0 atom stereocenters. The van der Waals surface area contributed by atoms with Gasteiger partial charge in [0.2, 0.25) is 5.03 Å². The molecule has 0 fully saturated rings. The third kappa shape index (κ3) is 2.85. The van der Waals surface area contributed by atoms with E-state index >= 15 is 0 Å². The van der Waals surface area contributed by atoms with Crippen molar-refractivity contribution in [2.24, 2.45) is 7.05 Å². The number of aryl methyl sites for hydroxylation is 1. The molecule has 104 valence electrons. The van der Waals surface area contributed by atoms with Crippen LogP contribution in [-0.4, -0.2) is 34.2 Å². The van der Waals surface area contributed by atoms with Crippen LogP contribution in [0.4, 0.5) is 0 Å². The predicted octanol–water partition coefficient (Wildman–Crippen LogP) is 0.901. The standard InChI is InChI=1S/C10H18ClN3O3S/c1-9(2,10(3,4)15)13-18(16,17)8-7(11)14(5)6-12-8/h6,13,15H,1-5H3. The summed E-state index contributed by atoms with van der Waals surface area (Å²) in [6.45, 7) is 6.22. The van der Waals surface area contributed by atoms with E-state index in [0.717, 1.165) is 0 Å². The first-order chi connectivity index (χ1) is 7.88. The monoisotopic (exact) mass is 295 g/mol. The molecule has 1 aromatic rings. The lowest BCUT2D eigenvalue weighted by atomic mass is 9.87. The number of halogens is 1. The van der Waals surface area contributed by atoms with Gasteiger partial charge in [-0.2, -0.15) is 0 Å². The van der Waals surface area contributed by atoms with Crippen LogP contribution in [0.3, 0.4) is 0 Å². The summed E-state index contributed by atoms with van der Waals surface area (Å²) >= 11 is 5.86. The SMILES string of the molecule is Cn1cnc(S(=O)(=O)NC(C)(C)C(C)(C)O)c1Cl. The third-order valence-corrected chi connectivity index (χ3v) is 5.15. The fourth-order valence-electron chi connectivity index (χ4n) is 1.08. The van der Waals surface area contributed by atoms with Crippen LogP contribution in [0.5, 0.6) is 0 Å². The van der Waals surface area contributed by atoms with E-state index in [0.29, 0.717) is 0 Å². The van der Waals surface area contributed by atoms with Gasteiger partial charge >= 0.3 is 0 Å². The Balaban J connectivity index is 3.15. The molecule has 1 aromatic heterocycles. The quantitative estimate of drug-likeness (QED) is 0.864. The predicted molar refractivity (Wildman–Crippen MR) is 68.9 cm³/mol. The first kappa shape index (κ1) is 15.4. The summed E-state index contributed by atoms with van der Waals surface area (Å²) in [6.07, 6.45) is 1.31. The van der Waals surface area contributed by atoms with Crippen molar-refractivity contribution < 1.29 is 13.5 Å². The van der Waals surface area contributed by atoms with E-state index in [-0.39, 0.29) is 10.2 Å². The Morgan fingerprint density at radius 2 is 1.89 bits per heavy atom. The minimum atomic E-state index is -3.88. The van der Waals surface area contributed by atoms with Gasteiger partial charge in [-0.3, -0.25) is 0 Å². The number of nitrogens with zero attached hydrogens (tertiary/aromatic N) is 2. The molecular formula is C10H18ClN3O3S. The maximum Gasteiger partial charge on any atom is 0.261 e. The van der Waals surface area contributed by atoms with Gasteiger partial charge in [0.15, 0.2) is 0 Å². The fourth-order valence-corrected chi connectivity index (χ4v) is 3.05. The zero-order chi connectivity index (χ0) is 14.4. The first-order valence-corrected chi connectivity index (χ1v) is 7.18. The Morgan fingerprint density at radius 3 is 2.22 bits per heavy atom. The Labute approximate surface area is 112 Å². The number of sulfonamides is 1. The summed E-state index contributed by atoms with van der Waals surface area (Å²) < 4.78 is 28.1. The second-order valence-electron chi connectivity index (χ2n) is 5.24. The molecule has 18 heavy (non-hydrogen) atoms. The smallest absolute Gasteiger partial charge is 0.261 e. The van der Waals surface area contributed by atoms with Crippen molar-refractivity contribution in [3.8, 4) is 0 Å². The highest BCUT2D eigenvalue weighted by molar-refractivity contribution is 7.89. The van der Waals surface area contributed by atoms with Gasteiger partial charge in [-0.05, 0) is 27.7 Å². The maximum atomic E-state index is 12.1. The largest absolute Gasteiger partial charge is 0.389 e. The molecular weight excluding hydrogens is 278 g/mol. The number of aliphatic hydroxyl groups is 1. The van der Waals surface area contributed by atoms with Crippen LogP contribution in [-0.2, 0) is 17.1 Å². The molecule has 0 aliphatic heterocycles. The van der Waals surface area contributed by atoms with Crippen LogP contribution in [0.2, 0.25) is 5.15 Å². The van der Waals surface area contributed by atoms with E-state index in [4.69, 9.17) is 11.6 Å². The van der Waals surface area contributed by atoms with Gasteiger partial charge < -0.3 is 9.67 Å². The molecule has 6 nitrogen and oxygen atoms in total. The van der Waals surface area contributed by atoms with Crippen molar-refractivity contribution in [1.82, 2.24) is 14.3 Å². The highest BCUT2D eigenvalue weighted by Gasteiger charge is 2.40. The van der Waals surface area contributed by atoms with Crippen LogP contribution in [0.1, 0.15) is 27.7 Å². The van der Waals surface area contributed by atoms with Crippen molar-refractivity contribution in [2.45, 2.75) is 43.9 Å². The molecule has 0 bridgehead atoms. The minimum Gasteiger partial charge on any atom is -0.389 e. The first-order valence-electron chi connectivity index (χ1n) is 5.31. The summed E-state index contributed by atoms with van der Waals surface area (Å²) in [5.41, 5.74) is -2.30. The van der Waals surface area contributed by atoms with Crippen molar-refractivity contribution >= 4 is 21.6 Å². The van der Waals surface area contributed by atoms with E-state index in [2.05, 4.69) is 9.71 Å². The second-order valence-corrected chi connectivity index (χ2v) is 7.20. The average molecular weight is 296 g/mol. The number of hydrogen-bond acceptors (Lipinski definition) is 4. The van der Waals surface area contributed by atoms with E-state index in [1.54, 1.807) is 20.9 Å². The lowest BCUT2D eigenvalue weighted by Crippen LogP contribution is -2.57. The van der Waals surface area contributed by atoms with Gasteiger partial charge in [0.05, 0.1) is 17.5 Å². The van der Waals surface area contributed by atoms with Crippen molar-refractivity contribution in [3.05, 3.63) is 11.5 Å². The lowest BCUT2D eigenvalue weighted by molar-refractivity contribution is 0.00636. The molecule has 1 heterocycles. The fraction of sp³-hybridized carbons (Fsp3) is 0.700. The molecule has 0 spiro atoms. The highest BCUT2D eigenvalue weighted by atomic mass is 35.5. The molecule has 0 unspecified atom stereocenters. The summed E-state index contributed by atoms with van der Waals surface area (Å²) in [7, 11) is -2.29. The number of hydrogen-bond donors (Lipinski definition) is 2. The maximum absolute atomic E-state index is 12.1. The van der Waals surface area contributed by atoms with Gasteiger partial charge in [-0.1, -0.05) is 11.6 Å². The summed E-state index contributed by atoms with van der Waals surface area (Å²) in [5, 5.41) is 9.72. The number of nitrogens with one attached hydrogen (secondary N) is 1. The van der Waals surface area contributed by atoms with Crippen molar-refractivity contribution in [3.63, 3.8) is 0 Å². The van der Waals surface area contributed by atoms with Crippen LogP contribution >= 0.6 is 11.6 Å². The van der Waals surface area contributed by atoms with Crippen LogP contribution < -0.4 is 4.72 Å². The lowest BCUT2D eigenvalue weighted by Gasteiger charge is -2.37. The van der Waals surface area contributed by atoms with Gasteiger partial charge in [-0.25, -0.2) is 18.1 Å². The van der Waals surface area contributed by atoms with Crippen LogP contribution in [0.15, 0.2) is 11.4 Å². The highest BCUT2D eigenvalue weighted by Crippen LogP contribution is 2.25. The minimum absolute atomic E-state index is 0.0223. The van der Waals surface area contributed by atoms with Gasteiger partial charge in [0.25, 0.3) is 10.0 Å². The molecule has 0 aromatic carbocycles. The summed E-state index contributed by atoms with van der Waals surface area (Å²) in [6, 6.07) is 0. The number of imidazole rings is 1. The zero-order valence-electron chi connectivity index (χ0n) is 11.0. The topological polar surface area (TPSA) is 84.2 Å². The summed E-state index contributed by atoms with van der Waals surface area (Å²) in [5.74, 6) is 0. The Kier molecular flexibility index (Phi) is 3.84. The Morgan fingerprint density at radius 1 is 1.39 bits per heavy atom. The summed E-state index contributed by atoms with van der Waals surface area (Å²) in [4.78, 5) is 3.75. The van der Waals surface area contributed by atoms with E-state index in [9.17, 15) is 13.5 Å². The van der Waals surface area contributed by atoms with E-state index in [1.165, 1.54) is 24.7 Å². The molecule has 8 heteroatoms. The average Bonchev–Trinajstić information content (AvgIpc) is 2.44.